The van der Waals surface area contributed by atoms with Gasteiger partial charge in [-0.3, -0.25) is 4.79 Å². The summed E-state index contributed by atoms with van der Waals surface area (Å²) in [5.74, 6) is -0.173. The van der Waals surface area contributed by atoms with Crippen molar-refractivity contribution in [1.82, 2.24) is 0 Å². The van der Waals surface area contributed by atoms with Gasteiger partial charge in [-0.2, -0.15) is 5.26 Å². The SMILES string of the molecule is COc1ccc(C(=O)Nc2cc(C#N)ccc2C)cc1O. The lowest BCUT2D eigenvalue weighted by Gasteiger charge is -2.10. The molecule has 106 valence electrons. The zero-order valence-electron chi connectivity index (χ0n) is 11.7. The lowest BCUT2D eigenvalue weighted by Crippen LogP contribution is -2.12. The van der Waals surface area contributed by atoms with Crippen LogP contribution in [-0.2, 0) is 0 Å². The normalized spacial score (nSPS) is 9.76. The topological polar surface area (TPSA) is 82.3 Å². The number of anilines is 1. The van der Waals surface area contributed by atoms with Gasteiger partial charge >= 0.3 is 0 Å². The Kier molecular flexibility index (Phi) is 4.10. The second kappa shape index (κ2) is 5.97. The maximum atomic E-state index is 12.2. The van der Waals surface area contributed by atoms with Gasteiger partial charge in [0.2, 0.25) is 0 Å². The number of phenols is 1. The molecule has 21 heavy (non-hydrogen) atoms. The Morgan fingerprint density at radius 2 is 2.05 bits per heavy atom. The summed E-state index contributed by atoms with van der Waals surface area (Å²) in [7, 11) is 1.44. The van der Waals surface area contributed by atoms with E-state index in [-0.39, 0.29) is 11.7 Å². The van der Waals surface area contributed by atoms with Crippen molar-refractivity contribution in [2.24, 2.45) is 0 Å². The van der Waals surface area contributed by atoms with Crippen molar-refractivity contribution in [3.63, 3.8) is 0 Å². The monoisotopic (exact) mass is 282 g/mol. The Bertz CT molecular complexity index is 733. The number of aromatic hydroxyl groups is 1. The van der Waals surface area contributed by atoms with Crippen LogP contribution in [0.1, 0.15) is 21.5 Å². The summed E-state index contributed by atoms with van der Waals surface area (Å²) in [5, 5.41) is 21.3. The van der Waals surface area contributed by atoms with E-state index in [0.717, 1.165) is 5.56 Å². The van der Waals surface area contributed by atoms with Crippen LogP contribution in [0, 0.1) is 18.3 Å². The van der Waals surface area contributed by atoms with E-state index in [1.807, 2.05) is 13.0 Å². The molecule has 0 saturated carbocycles. The first-order chi connectivity index (χ1) is 10.0. The Morgan fingerprint density at radius 3 is 2.67 bits per heavy atom. The average molecular weight is 282 g/mol. The number of nitrogens with one attached hydrogen (secondary N) is 1. The van der Waals surface area contributed by atoms with E-state index in [9.17, 15) is 9.90 Å². The summed E-state index contributed by atoms with van der Waals surface area (Å²) < 4.78 is 4.93. The van der Waals surface area contributed by atoms with Gasteiger partial charge in [-0.05, 0) is 42.8 Å². The van der Waals surface area contributed by atoms with Gasteiger partial charge in [-0.25, -0.2) is 0 Å². The van der Waals surface area contributed by atoms with E-state index in [1.54, 1.807) is 24.3 Å². The second-order valence-corrected chi connectivity index (χ2v) is 4.48. The molecule has 0 bridgehead atoms. The van der Waals surface area contributed by atoms with Crippen molar-refractivity contribution in [3.8, 4) is 17.6 Å². The zero-order valence-corrected chi connectivity index (χ0v) is 11.7. The fraction of sp³-hybridized carbons (Fsp3) is 0.125. The van der Waals surface area contributed by atoms with Crippen LogP contribution < -0.4 is 10.1 Å². The molecular formula is C16H14N2O3. The quantitative estimate of drug-likeness (QED) is 0.906. The first kappa shape index (κ1) is 14.4. The van der Waals surface area contributed by atoms with E-state index in [0.29, 0.717) is 22.6 Å². The van der Waals surface area contributed by atoms with Crippen LogP contribution in [-0.4, -0.2) is 18.1 Å². The van der Waals surface area contributed by atoms with Crippen molar-refractivity contribution in [2.75, 3.05) is 12.4 Å². The maximum Gasteiger partial charge on any atom is 0.255 e. The zero-order chi connectivity index (χ0) is 15.4. The molecule has 2 N–H and O–H groups in total. The Labute approximate surface area is 122 Å². The van der Waals surface area contributed by atoms with Crippen LogP contribution >= 0.6 is 0 Å². The Morgan fingerprint density at radius 1 is 1.29 bits per heavy atom. The highest BCUT2D eigenvalue weighted by Crippen LogP contribution is 2.27. The predicted molar refractivity (Wildman–Crippen MR) is 78.5 cm³/mol. The molecule has 0 aliphatic heterocycles. The molecule has 0 unspecified atom stereocenters. The van der Waals surface area contributed by atoms with E-state index in [1.165, 1.54) is 19.2 Å². The largest absolute Gasteiger partial charge is 0.504 e. The van der Waals surface area contributed by atoms with Crippen molar-refractivity contribution in [3.05, 3.63) is 53.1 Å². The van der Waals surface area contributed by atoms with Crippen LogP contribution in [0.15, 0.2) is 36.4 Å². The van der Waals surface area contributed by atoms with Crippen molar-refractivity contribution in [1.29, 1.82) is 5.26 Å². The number of hydrogen-bond acceptors (Lipinski definition) is 4. The summed E-state index contributed by atoms with van der Waals surface area (Å²) in [6, 6.07) is 11.5. The van der Waals surface area contributed by atoms with E-state index in [2.05, 4.69) is 5.32 Å². The smallest absolute Gasteiger partial charge is 0.255 e. The number of carbonyl (C=O) groups excluding carboxylic acids is 1. The summed E-state index contributed by atoms with van der Waals surface area (Å²) in [5.41, 5.74) is 2.18. The molecular weight excluding hydrogens is 268 g/mol. The third-order valence-electron chi connectivity index (χ3n) is 3.06. The molecule has 0 aliphatic rings. The molecule has 1 amide bonds. The first-order valence-corrected chi connectivity index (χ1v) is 6.24. The minimum atomic E-state index is -0.369. The lowest BCUT2D eigenvalue weighted by atomic mass is 10.1. The number of rotatable bonds is 3. The number of ether oxygens (including phenoxy) is 1. The van der Waals surface area contributed by atoms with Gasteiger partial charge in [0.1, 0.15) is 0 Å². The molecule has 0 aliphatic carbocycles. The molecule has 2 aromatic carbocycles. The third kappa shape index (κ3) is 3.12. The molecule has 2 aromatic rings. The van der Waals surface area contributed by atoms with Gasteiger partial charge in [-0.15, -0.1) is 0 Å². The van der Waals surface area contributed by atoms with E-state index in [4.69, 9.17) is 10.00 Å². The van der Waals surface area contributed by atoms with Crippen LogP contribution in [0.4, 0.5) is 5.69 Å². The number of nitriles is 1. The summed E-state index contributed by atoms with van der Waals surface area (Å²) in [6.45, 7) is 1.84. The number of benzene rings is 2. The van der Waals surface area contributed by atoms with Gasteiger partial charge < -0.3 is 15.2 Å². The molecule has 0 fully saturated rings. The molecule has 5 heteroatoms. The third-order valence-corrected chi connectivity index (χ3v) is 3.06. The van der Waals surface area contributed by atoms with Gasteiger partial charge in [0.05, 0.1) is 18.7 Å². The highest BCUT2D eigenvalue weighted by atomic mass is 16.5. The van der Waals surface area contributed by atoms with Crippen LogP contribution in [0.5, 0.6) is 11.5 Å². The first-order valence-electron chi connectivity index (χ1n) is 6.24. The molecule has 0 radical (unpaired) electrons. The molecule has 5 nitrogen and oxygen atoms in total. The minimum Gasteiger partial charge on any atom is -0.504 e. The Balaban J connectivity index is 2.26. The Hall–Kier alpha value is -3.00. The van der Waals surface area contributed by atoms with Gasteiger partial charge in [0.15, 0.2) is 11.5 Å². The number of aryl methyl sites for hydroxylation is 1. The second-order valence-electron chi connectivity index (χ2n) is 4.48. The molecule has 0 saturated heterocycles. The highest BCUT2D eigenvalue weighted by Gasteiger charge is 2.11. The van der Waals surface area contributed by atoms with E-state index >= 15 is 0 Å². The molecule has 0 aromatic heterocycles. The van der Waals surface area contributed by atoms with Crippen LogP contribution in [0.2, 0.25) is 0 Å². The highest BCUT2D eigenvalue weighted by molar-refractivity contribution is 6.05. The number of hydrogen-bond donors (Lipinski definition) is 2. The van der Waals surface area contributed by atoms with Crippen LogP contribution in [0.25, 0.3) is 0 Å². The number of methoxy groups -OCH3 is 1. The molecule has 0 atom stereocenters. The van der Waals surface area contributed by atoms with Crippen LogP contribution in [0.3, 0.4) is 0 Å². The summed E-state index contributed by atoms with van der Waals surface area (Å²) in [4.78, 5) is 12.2. The predicted octanol–water partition coefficient (Wildman–Crippen LogP) is 2.83. The number of carbonyl (C=O) groups is 1. The molecule has 0 spiro atoms. The van der Waals surface area contributed by atoms with Crippen molar-refractivity contribution >= 4 is 11.6 Å². The fourth-order valence-electron chi connectivity index (χ4n) is 1.85. The van der Waals surface area contributed by atoms with Crippen molar-refractivity contribution in [2.45, 2.75) is 6.92 Å². The average Bonchev–Trinajstić information content (AvgIpc) is 2.49. The maximum absolute atomic E-state index is 12.2. The lowest BCUT2D eigenvalue weighted by molar-refractivity contribution is 0.102. The minimum absolute atomic E-state index is 0.104. The fourth-order valence-corrected chi connectivity index (χ4v) is 1.85. The number of nitrogens with zero attached hydrogens (tertiary/aromatic N) is 1. The summed E-state index contributed by atoms with van der Waals surface area (Å²) in [6.07, 6.45) is 0. The number of amides is 1. The van der Waals surface area contributed by atoms with Gasteiger partial charge in [0.25, 0.3) is 5.91 Å². The number of phenolic OH excluding ortho intramolecular Hbond substituents is 1. The van der Waals surface area contributed by atoms with Crippen molar-refractivity contribution < 1.29 is 14.6 Å². The van der Waals surface area contributed by atoms with Gasteiger partial charge in [0, 0.05) is 11.3 Å². The standard InChI is InChI=1S/C16H14N2O3/c1-10-3-4-11(9-17)7-13(10)18-16(20)12-5-6-15(21-2)14(19)8-12/h3-8,19H,1-2H3,(H,18,20). The van der Waals surface area contributed by atoms with Gasteiger partial charge in [-0.1, -0.05) is 6.07 Å². The molecule has 2 rings (SSSR count). The molecule has 0 heterocycles. The van der Waals surface area contributed by atoms with E-state index < -0.39 is 0 Å². The summed E-state index contributed by atoms with van der Waals surface area (Å²) >= 11 is 0.